The lowest BCUT2D eigenvalue weighted by Gasteiger charge is -2.37. The van der Waals surface area contributed by atoms with E-state index < -0.39 is 0 Å². The van der Waals surface area contributed by atoms with Gasteiger partial charge in [-0.3, -0.25) is 9.69 Å². The van der Waals surface area contributed by atoms with E-state index in [4.69, 9.17) is 9.47 Å². The van der Waals surface area contributed by atoms with Crippen molar-refractivity contribution in [1.82, 2.24) is 20.4 Å². The number of nitrogens with zero attached hydrogens (tertiary/aromatic N) is 2. The second-order valence-corrected chi connectivity index (χ2v) is 6.73. The highest BCUT2D eigenvalue weighted by atomic mass is 16.5. The molecule has 2 N–H and O–H groups in total. The van der Waals surface area contributed by atoms with Crippen molar-refractivity contribution >= 4 is 5.91 Å². The van der Waals surface area contributed by atoms with Gasteiger partial charge >= 0.3 is 0 Å². The van der Waals surface area contributed by atoms with Gasteiger partial charge in [-0.1, -0.05) is 6.08 Å². The molecule has 2 fully saturated rings. The number of morpholine rings is 1. The first-order valence-corrected chi connectivity index (χ1v) is 9.18. The molecule has 4 aliphatic heterocycles. The Hall–Kier alpha value is -1.83. The fourth-order valence-electron chi connectivity index (χ4n) is 3.69. The lowest BCUT2D eigenvalue weighted by atomic mass is 10.1. The van der Waals surface area contributed by atoms with Gasteiger partial charge < -0.3 is 25.0 Å². The summed E-state index contributed by atoms with van der Waals surface area (Å²) in [5, 5.41) is 6.45. The maximum Gasteiger partial charge on any atom is 0.269 e. The van der Waals surface area contributed by atoms with Crippen LogP contribution in [0.4, 0.5) is 0 Å². The first-order chi connectivity index (χ1) is 12.3. The van der Waals surface area contributed by atoms with Crippen molar-refractivity contribution in [2.24, 2.45) is 0 Å². The molecule has 4 heterocycles. The summed E-state index contributed by atoms with van der Waals surface area (Å²) in [6.07, 6.45) is 11.4. The molecule has 2 saturated heterocycles. The molecule has 136 valence electrons. The molecule has 0 aromatic carbocycles. The van der Waals surface area contributed by atoms with Crippen LogP contribution in [-0.4, -0.2) is 67.6 Å². The van der Waals surface area contributed by atoms with Crippen LogP contribution in [-0.2, 0) is 14.3 Å². The van der Waals surface area contributed by atoms with E-state index in [1.54, 1.807) is 0 Å². The molecule has 0 aromatic rings. The third-order valence-corrected chi connectivity index (χ3v) is 5.07. The number of allylic oxidation sites excluding steroid dienone is 3. The van der Waals surface area contributed by atoms with E-state index in [0.29, 0.717) is 12.2 Å². The molecule has 0 saturated carbocycles. The van der Waals surface area contributed by atoms with Crippen LogP contribution in [0.5, 0.6) is 0 Å². The van der Waals surface area contributed by atoms with Gasteiger partial charge in [-0.05, 0) is 31.4 Å². The molecule has 0 radical (unpaired) electrons. The molecular weight excluding hydrogens is 320 g/mol. The topological polar surface area (TPSA) is 66.1 Å². The first kappa shape index (κ1) is 16.6. The average molecular weight is 346 g/mol. The number of hydrogen-bond donors (Lipinski definition) is 2. The molecular formula is C18H26N4O3. The van der Waals surface area contributed by atoms with Crippen molar-refractivity contribution in [2.45, 2.75) is 31.7 Å². The van der Waals surface area contributed by atoms with Gasteiger partial charge in [-0.25, -0.2) is 0 Å². The van der Waals surface area contributed by atoms with Crippen molar-refractivity contribution in [2.75, 3.05) is 39.5 Å². The first-order valence-electron chi connectivity index (χ1n) is 9.18. The predicted octanol–water partition coefficient (Wildman–Crippen LogP) is 0.488. The van der Waals surface area contributed by atoms with Crippen LogP contribution in [0.15, 0.2) is 35.8 Å². The normalized spacial score (nSPS) is 29.5. The van der Waals surface area contributed by atoms with Crippen LogP contribution in [0.1, 0.15) is 19.3 Å². The zero-order valence-electron chi connectivity index (χ0n) is 14.4. The number of nitrogens with one attached hydrogen (secondary N) is 2. The predicted molar refractivity (Wildman–Crippen MR) is 93.1 cm³/mol. The minimum Gasteiger partial charge on any atom is -0.379 e. The van der Waals surface area contributed by atoms with E-state index in [2.05, 4.69) is 20.4 Å². The standard InChI is InChI=1S/C18H26N4O3/c23-17(19-13-14-5-2-4-10-25-14)16-15-6-1-3-7-22(15)18(20-16)21-8-11-24-12-9-21/h1,3,6-7,14,18,20H,2,4-5,8-13H2,(H,19,23). The maximum absolute atomic E-state index is 12.8. The Morgan fingerprint density at radius 1 is 1.24 bits per heavy atom. The second kappa shape index (κ2) is 7.59. The van der Waals surface area contributed by atoms with E-state index in [1.807, 2.05) is 24.4 Å². The Kier molecular flexibility index (Phi) is 5.05. The minimum atomic E-state index is -0.0649. The van der Waals surface area contributed by atoms with Crippen LogP contribution in [0.2, 0.25) is 0 Å². The van der Waals surface area contributed by atoms with Gasteiger partial charge in [0, 0.05) is 32.4 Å². The van der Waals surface area contributed by atoms with Crippen LogP contribution in [0.3, 0.4) is 0 Å². The fraction of sp³-hybridized carbons (Fsp3) is 0.611. The largest absolute Gasteiger partial charge is 0.379 e. The second-order valence-electron chi connectivity index (χ2n) is 6.73. The Labute approximate surface area is 148 Å². The summed E-state index contributed by atoms with van der Waals surface area (Å²) in [5.41, 5.74) is 1.55. The lowest BCUT2D eigenvalue weighted by Crippen LogP contribution is -2.54. The lowest BCUT2D eigenvalue weighted by molar-refractivity contribution is -0.118. The Morgan fingerprint density at radius 3 is 2.92 bits per heavy atom. The molecule has 7 nitrogen and oxygen atoms in total. The summed E-state index contributed by atoms with van der Waals surface area (Å²) in [7, 11) is 0. The minimum absolute atomic E-state index is 0.0354. The highest BCUT2D eigenvalue weighted by molar-refractivity contribution is 5.94. The van der Waals surface area contributed by atoms with Crippen molar-refractivity contribution in [3.05, 3.63) is 35.8 Å². The summed E-state index contributed by atoms with van der Waals surface area (Å²) in [6, 6.07) is 0. The molecule has 25 heavy (non-hydrogen) atoms. The molecule has 0 aromatic heterocycles. The number of amides is 1. The number of rotatable bonds is 4. The molecule has 4 aliphatic rings. The molecule has 0 spiro atoms. The zero-order valence-corrected chi connectivity index (χ0v) is 14.4. The van der Waals surface area contributed by atoms with Crippen molar-refractivity contribution in [3.8, 4) is 0 Å². The molecule has 1 amide bonds. The number of carbonyl (C=O) groups excluding carboxylic acids is 1. The van der Waals surface area contributed by atoms with Gasteiger partial charge in [0.2, 0.25) is 0 Å². The van der Waals surface area contributed by atoms with Gasteiger partial charge in [0.1, 0.15) is 5.70 Å². The van der Waals surface area contributed by atoms with E-state index in [9.17, 15) is 4.79 Å². The molecule has 0 aliphatic carbocycles. The Bertz CT molecular complexity index is 589. The molecule has 2 atom stereocenters. The van der Waals surface area contributed by atoms with Crippen molar-refractivity contribution in [1.29, 1.82) is 0 Å². The highest BCUT2D eigenvalue weighted by Crippen LogP contribution is 2.27. The van der Waals surface area contributed by atoms with Gasteiger partial charge in [0.25, 0.3) is 5.91 Å². The Morgan fingerprint density at radius 2 is 2.12 bits per heavy atom. The maximum atomic E-state index is 12.8. The summed E-state index contributed by atoms with van der Waals surface area (Å²) < 4.78 is 11.2. The zero-order chi connectivity index (χ0) is 17.1. The van der Waals surface area contributed by atoms with Crippen LogP contribution < -0.4 is 10.6 Å². The molecule has 7 heteroatoms. The summed E-state index contributed by atoms with van der Waals surface area (Å²) in [5.74, 6) is -0.0649. The van der Waals surface area contributed by atoms with E-state index in [1.165, 1.54) is 6.42 Å². The van der Waals surface area contributed by atoms with E-state index in [0.717, 1.165) is 51.4 Å². The SMILES string of the molecule is O=C(NCC1CCCCO1)C1=C2C=CC=CN2C(N2CCOCC2)N1. The van der Waals surface area contributed by atoms with Gasteiger partial charge in [-0.15, -0.1) is 0 Å². The van der Waals surface area contributed by atoms with Crippen molar-refractivity contribution < 1.29 is 14.3 Å². The van der Waals surface area contributed by atoms with Crippen LogP contribution in [0, 0.1) is 0 Å². The summed E-state index contributed by atoms with van der Waals surface area (Å²) in [6.45, 7) is 4.52. The van der Waals surface area contributed by atoms with Gasteiger partial charge in [-0.2, -0.15) is 0 Å². The molecule has 2 unspecified atom stereocenters. The number of ether oxygens (including phenoxy) is 2. The monoisotopic (exact) mass is 346 g/mol. The average Bonchev–Trinajstić information content (AvgIpc) is 3.07. The summed E-state index contributed by atoms with van der Waals surface area (Å²) in [4.78, 5) is 17.2. The quantitative estimate of drug-likeness (QED) is 0.772. The number of fused-ring (bicyclic) bond motifs is 1. The number of hydrogen-bond acceptors (Lipinski definition) is 6. The molecule has 4 rings (SSSR count). The van der Waals surface area contributed by atoms with Crippen LogP contribution in [0.25, 0.3) is 0 Å². The van der Waals surface area contributed by atoms with Gasteiger partial charge in [0.15, 0.2) is 6.29 Å². The smallest absolute Gasteiger partial charge is 0.269 e. The fourth-order valence-corrected chi connectivity index (χ4v) is 3.69. The Balaban J connectivity index is 1.43. The van der Waals surface area contributed by atoms with E-state index in [-0.39, 0.29) is 18.3 Å². The van der Waals surface area contributed by atoms with E-state index >= 15 is 0 Å². The third kappa shape index (κ3) is 3.58. The third-order valence-electron chi connectivity index (χ3n) is 5.07. The van der Waals surface area contributed by atoms with Crippen molar-refractivity contribution in [3.63, 3.8) is 0 Å². The molecule has 0 bridgehead atoms. The number of carbonyl (C=O) groups is 1. The summed E-state index contributed by atoms with van der Waals surface area (Å²) >= 11 is 0. The van der Waals surface area contributed by atoms with Gasteiger partial charge in [0.05, 0.1) is 25.0 Å². The highest BCUT2D eigenvalue weighted by Gasteiger charge is 2.37. The van der Waals surface area contributed by atoms with Crippen LogP contribution >= 0.6 is 0 Å².